The molecule has 0 spiro atoms. The van der Waals surface area contributed by atoms with Crippen LogP contribution in [-0.2, 0) is 30.9 Å². The lowest BCUT2D eigenvalue weighted by Crippen LogP contribution is -2.32. The van der Waals surface area contributed by atoms with E-state index >= 15 is 0 Å². The second-order valence-electron chi connectivity index (χ2n) is 8.76. The maximum Gasteiger partial charge on any atom is 0.339 e. The fraction of sp³-hybridized carbons (Fsp3) is 0.269. The number of aromatic nitrogens is 4. The Kier molecular flexibility index (Phi) is 6.24. The minimum atomic E-state index is -0.424. The van der Waals surface area contributed by atoms with Crippen molar-refractivity contribution in [2.24, 2.45) is 0 Å². The van der Waals surface area contributed by atoms with Crippen LogP contribution in [0.1, 0.15) is 33.0 Å². The Labute approximate surface area is 203 Å². The van der Waals surface area contributed by atoms with E-state index in [4.69, 9.17) is 15.5 Å². The van der Waals surface area contributed by atoms with Crippen LogP contribution in [0.4, 0.5) is 11.9 Å². The molecule has 0 atom stereocenters. The normalized spacial score (nSPS) is 13.4. The van der Waals surface area contributed by atoms with Gasteiger partial charge in [0, 0.05) is 56.8 Å². The van der Waals surface area contributed by atoms with Gasteiger partial charge < -0.3 is 15.4 Å². The number of fused-ring (bicyclic) bond motifs is 2. The van der Waals surface area contributed by atoms with Gasteiger partial charge in [-0.25, -0.2) is 4.79 Å². The topological polar surface area (TPSA) is 110 Å². The summed E-state index contributed by atoms with van der Waals surface area (Å²) in [7, 11) is 3.61. The van der Waals surface area contributed by atoms with Crippen molar-refractivity contribution < 1.29 is 9.53 Å². The minimum Gasteiger partial charge on any atom is -0.454 e. The first kappa shape index (κ1) is 22.7. The first-order valence-corrected chi connectivity index (χ1v) is 11.5. The average molecular weight is 470 g/mol. The van der Waals surface area contributed by atoms with E-state index in [1.165, 1.54) is 5.56 Å². The number of para-hydroxylation sites is 1. The molecule has 2 N–H and O–H groups in total. The van der Waals surface area contributed by atoms with E-state index in [1.807, 2.05) is 42.5 Å². The SMILES string of the molecule is CN(C)c1nc(N)nc(COC(=O)c2c3c(nc4ccccc24)CCN(Cc2ccccc2)C3)n1. The molecule has 0 fully saturated rings. The quantitative estimate of drug-likeness (QED) is 0.426. The number of carbonyl (C=O) groups is 1. The van der Waals surface area contributed by atoms with Gasteiger partial charge in [0.05, 0.1) is 11.1 Å². The largest absolute Gasteiger partial charge is 0.454 e. The molecule has 1 aliphatic rings. The van der Waals surface area contributed by atoms with Crippen LogP contribution in [-0.4, -0.2) is 51.4 Å². The van der Waals surface area contributed by atoms with E-state index < -0.39 is 5.97 Å². The number of rotatable bonds is 6. The highest BCUT2D eigenvalue weighted by Crippen LogP contribution is 2.29. The monoisotopic (exact) mass is 469 g/mol. The van der Waals surface area contributed by atoms with Crippen molar-refractivity contribution in [3.05, 3.63) is 82.8 Å². The van der Waals surface area contributed by atoms with E-state index in [0.717, 1.165) is 41.7 Å². The van der Waals surface area contributed by atoms with E-state index in [0.29, 0.717) is 23.9 Å². The van der Waals surface area contributed by atoms with Crippen LogP contribution in [0.5, 0.6) is 0 Å². The Morgan fingerprint density at radius 1 is 1.03 bits per heavy atom. The summed E-state index contributed by atoms with van der Waals surface area (Å²) < 4.78 is 5.72. The molecule has 0 unspecified atom stereocenters. The molecule has 0 bridgehead atoms. The van der Waals surface area contributed by atoms with Gasteiger partial charge >= 0.3 is 5.97 Å². The number of nitrogens with zero attached hydrogens (tertiary/aromatic N) is 6. The molecule has 3 heterocycles. The van der Waals surface area contributed by atoms with Gasteiger partial charge in [0.15, 0.2) is 12.4 Å². The summed E-state index contributed by atoms with van der Waals surface area (Å²) in [4.78, 5) is 35.0. The summed E-state index contributed by atoms with van der Waals surface area (Å²) in [6.07, 6.45) is 0.767. The van der Waals surface area contributed by atoms with E-state index in [2.05, 4.69) is 32.0 Å². The van der Waals surface area contributed by atoms with Crippen molar-refractivity contribution in [1.29, 1.82) is 0 Å². The summed E-state index contributed by atoms with van der Waals surface area (Å²) in [5.41, 5.74) is 10.3. The predicted octanol–water partition coefficient (Wildman–Crippen LogP) is 2.98. The van der Waals surface area contributed by atoms with Crippen LogP contribution in [0.25, 0.3) is 10.9 Å². The van der Waals surface area contributed by atoms with Gasteiger partial charge in [0.1, 0.15) is 0 Å². The Morgan fingerprint density at radius 2 is 1.80 bits per heavy atom. The van der Waals surface area contributed by atoms with E-state index in [9.17, 15) is 4.79 Å². The summed E-state index contributed by atoms with van der Waals surface area (Å²) >= 11 is 0. The van der Waals surface area contributed by atoms with Crippen LogP contribution in [0, 0.1) is 0 Å². The summed E-state index contributed by atoms with van der Waals surface area (Å²) in [5, 5.41) is 0.780. The van der Waals surface area contributed by atoms with Crippen molar-refractivity contribution in [2.45, 2.75) is 26.1 Å². The van der Waals surface area contributed by atoms with Crippen LogP contribution in [0.3, 0.4) is 0 Å². The highest BCUT2D eigenvalue weighted by Gasteiger charge is 2.27. The number of ether oxygens (including phenoxy) is 1. The minimum absolute atomic E-state index is 0.0815. The fourth-order valence-corrected chi connectivity index (χ4v) is 4.35. The summed E-state index contributed by atoms with van der Waals surface area (Å²) in [5.74, 6) is 0.365. The van der Waals surface area contributed by atoms with Gasteiger partial charge in [-0.2, -0.15) is 15.0 Å². The molecule has 9 nitrogen and oxygen atoms in total. The molecule has 2 aromatic carbocycles. The molecular weight excluding hydrogens is 442 g/mol. The molecule has 0 saturated carbocycles. The maximum absolute atomic E-state index is 13.5. The third kappa shape index (κ3) is 4.90. The van der Waals surface area contributed by atoms with Crippen LogP contribution in [0.15, 0.2) is 54.6 Å². The third-order valence-corrected chi connectivity index (χ3v) is 6.00. The average Bonchev–Trinajstić information content (AvgIpc) is 2.86. The Morgan fingerprint density at radius 3 is 2.60 bits per heavy atom. The van der Waals surface area contributed by atoms with Crippen molar-refractivity contribution in [3.63, 3.8) is 0 Å². The van der Waals surface area contributed by atoms with E-state index in [-0.39, 0.29) is 12.6 Å². The second kappa shape index (κ2) is 9.63. The molecule has 9 heteroatoms. The molecule has 2 aromatic heterocycles. The number of benzene rings is 2. The van der Waals surface area contributed by atoms with Gasteiger partial charge in [-0.1, -0.05) is 48.5 Å². The smallest absolute Gasteiger partial charge is 0.339 e. The number of carbonyl (C=O) groups excluding carboxylic acids is 1. The van der Waals surface area contributed by atoms with Crippen molar-refractivity contribution >= 4 is 28.8 Å². The number of hydrogen-bond acceptors (Lipinski definition) is 9. The van der Waals surface area contributed by atoms with Crippen molar-refractivity contribution in [3.8, 4) is 0 Å². The molecule has 4 aromatic rings. The lowest BCUT2D eigenvalue weighted by Gasteiger charge is -2.30. The van der Waals surface area contributed by atoms with Crippen LogP contribution in [0.2, 0.25) is 0 Å². The van der Waals surface area contributed by atoms with Gasteiger partial charge in [-0.15, -0.1) is 0 Å². The molecule has 35 heavy (non-hydrogen) atoms. The lowest BCUT2D eigenvalue weighted by atomic mass is 9.95. The number of pyridine rings is 1. The van der Waals surface area contributed by atoms with Gasteiger partial charge in [0.25, 0.3) is 0 Å². The Balaban J connectivity index is 1.45. The maximum atomic E-state index is 13.5. The van der Waals surface area contributed by atoms with Gasteiger partial charge in [0.2, 0.25) is 11.9 Å². The number of anilines is 2. The van der Waals surface area contributed by atoms with E-state index in [1.54, 1.807) is 19.0 Å². The van der Waals surface area contributed by atoms with Crippen LogP contribution < -0.4 is 10.6 Å². The molecule has 1 aliphatic heterocycles. The molecule has 0 radical (unpaired) electrons. The number of esters is 1. The highest BCUT2D eigenvalue weighted by atomic mass is 16.5. The van der Waals surface area contributed by atoms with Gasteiger partial charge in [-0.3, -0.25) is 9.88 Å². The zero-order valence-corrected chi connectivity index (χ0v) is 19.8. The second-order valence-corrected chi connectivity index (χ2v) is 8.76. The molecule has 178 valence electrons. The summed E-state index contributed by atoms with van der Waals surface area (Å²) in [6.45, 7) is 2.19. The lowest BCUT2D eigenvalue weighted by molar-refractivity contribution is 0.0461. The molecular formula is C26H27N7O2. The Hall–Kier alpha value is -4.11. The standard InChI is InChI=1S/C26H27N7O2/c1-32(2)26-30-22(29-25(27)31-26)16-35-24(34)23-18-10-6-7-11-20(18)28-21-12-13-33(15-19(21)23)14-17-8-4-3-5-9-17/h3-11H,12-16H2,1-2H3,(H2,27,29,30,31). The number of nitrogens with two attached hydrogens (primary N) is 1. The first-order valence-electron chi connectivity index (χ1n) is 11.5. The molecule has 0 amide bonds. The first-order chi connectivity index (χ1) is 17.0. The zero-order valence-electron chi connectivity index (χ0n) is 19.8. The summed E-state index contributed by atoms with van der Waals surface area (Å²) in [6, 6.07) is 18.0. The number of nitrogen functional groups attached to an aromatic ring is 1. The predicted molar refractivity (Wildman–Crippen MR) is 134 cm³/mol. The molecule has 0 saturated heterocycles. The third-order valence-electron chi connectivity index (χ3n) is 6.00. The fourth-order valence-electron chi connectivity index (χ4n) is 4.35. The van der Waals surface area contributed by atoms with Crippen LogP contribution >= 0.6 is 0 Å². The van der Waals surface area contributed by atoms with Gasteiger partial charge in [-0.05, 0) is 11.6 Å². The molecule has 5 rings (SSSR count). The van der Waals surface area contributed by atoms with Crippen molar-refractivity contribution in [1.82, 2.24) is 24.8 Å². The highest BCUT2D eigenvalue weighted by molar-refractivity contribution is 6.05. The number of hydrogen-bond donors (Lipinski definition) is 1. The Bertz CT molecular complexity index is 1380. The molecule has 0 aliphatic carbocycles. The van der Waals surface area contributed by atoms with Crippen molar-refractivity contribution in [2.75, 3.05) is 31.3 Å². The zero-order chi connectivity index (χ0) is 24.4.